The number of aliphatic imine (C=N–C) groups is 1. The maximum absolute atomic E-state index is 13.9. The topological polar surface area (TPSA) is 39.7 Å². The van der Waals surface area contributed by atoms with Crippen LogP contribution in [0.15, 0.2) is 23.2 Å². The number of hydrogen-bond acceptors (Lipinski definition) is 2. The fourth-order valence-corrected chi connectivity index (χ4v) is 3.70. The van der Waals surface area contributed by atoms with E-state index in [9.17, 15) is 8.78 Å². The van der Waals surface area contributed by atoms with Crippen LogP contribution in [0.25, 0.3) is 0 Å². The van der Waals surface area contributed by atoms with Gasteiger partial charge in [-0.05, 0) is 44.4 Å². The largest absolute Gasteiger partial charge is 0.354 e. The van der Waals surface area contributed by atoms with Crippen molar-refractivity contribution in [2.24, 2.45) is 4.99 Å². The van der Waals surface area contributed by atoms with E-state index in [1.54, 1.807) is 7.05 Å². The maximum atomic E-state index is 13.9. The van der Waals surface area contributed by atoms with E-state index in [0.29, 0.717) is 6.04 Å². The van der Waals surface area contributed by atoms with E-state index in [-0.39, 0.29) is 17.5 Å². The summed E-state index contributed by atoms with van der Waals surface area (Å²) in [5, 5.41) is 6.78. The quantitative estimate of drug-likeness (QED) is 0.634. The molecule has 0 aromatic heterocycles. The van der Waals surface area contributed by atoms with Crippen LogP contribution in [-0.4, -0.2) is 49.6 Å². The van der Waals surface area contributed by atoms with Gasteiger partial charge < -0.3 is 15.5 Å². The molecule has 6 heteroatoms. The third-order valence-corrected chi connectivity index (χ3v) is 5.17. The minimum atomic E-state index is -0.458. The van der Waals surface area contributed by atoms with Gasteiger partial charge in [-0.2, -0.15) is 0 Å². The van der Waals surface area contributed by atoms with Crippen LogP contribution >= 0.6 is 0 Å². The average molecular weight is 350 g/mol. The van der Waals surface area contributed by atoms with Crippen LogP contribution in [0.5, 0.6) is 0 Å². The number of guanidine groups is 1. The highest BCUT2D eigenvalue weighted by molar-refractivity contribution is 5.80. The third-order valence-electron chi connectivity index (χ3n) is 5.17. The van der Waals surface area contributed by atoms with E-state index < -0.39 is 11.6 Å². The molecule has 3 rings (SSSR count). The monoisotopic (exact) mass is 350 g/mol. The zero-order valence-corrected chi connectivity index (χ0v) is 15.1. The summed E-state index contributed by atoms with van der Waals surface area (Å²) in [5.74, 6) is -0.301. The van der Waals surface area contributed by atoms with E-state index >= 15 is 0 Å². The fourth-order valence-electron chi connectivity index (χ4n) is 3.70. The summed E-state index contributed by atoms with van der Waals surface area (Å²) >= 11 is 0. The molecule has 2 N–H and O–H groups in total. The van der Waals surface area contributed by atoms with Crippen molar-refractivity contribution in [2.45, 2.75) is 50.6 Å². The molecule has 1 heterocycles. The Hall–Kier alpha value is -1.69. The Balaban J connectivity index is 1.50. The van der Waals surface area contributed by atoms with Gasteiger partial charge in [0.1, 0.15) is 11.6 Å². The third kappa shape index (κ3) is 4.48. The van der Waals surface area contributed by atoms with Crippen LogP contribution in [0.1, 0.15) is 44.1 Å². The molecule has 0 radical (unpaired) electrons. The molecule has 2 unspecified atom stereocenters. The number of rotatable bonds is 5. The lowest BCUT2D eigenvalue weighted by Crippen LogP contribution is -2.49. The van der Waals surface area contributed by atoms with Gasteiger partial charge in [0, 0.05) is 43.7 Å². The Labute approximate surface area is 148 Å². The van der Waals surface area contributed by atoms with Gasteiger partial charge in [-0.15, -0.1) is 0 Å². The van der Waals surface area contributed by atoms with Gasteiger partial charge in [0.15, 0.2) is 5.96 Å². The highest BCUT2D eigenvalue weighted by Gasteiger charge is 2.42. The van der Waals surface area contributed by atoms with Crippen LogP contribution < -0.4 is 10.6 Å². The molecule has 2 aliphatic rings. The molecule has 1 aliphatic carbocycles. The Bertz CT molecular complexity index is 591. The van der Waals surface area contributed by atoms with Crippen LogP contribution in [0.4, 0.5) is 8.78 Å². The molecule has 138 valence electrons. The summed E-state index contributed by atoms with van der Waals surface area (Å²) in [7, 11) is 1.74. The SMILES string of the molecule is CCCN1CCC(NC(=NC)NC2CC2c2c(F)cccc2F)CC1. The molecule has 0 amide bonds. The van der Waals surface area contributed by atoms with E-state index in [1.165, 1.54) is 24.6 Å². The molecule has 1 saturated heterocycles. The lowest BCUT2D eigenvalue weighted by atomic mass is 10.1. The summed E-state index contributed by atoms with van der Waals surface area (Å²) in [5.41, 5.74) is 0.198. The molecule has 1 aliphatic heterocycles. The number of benzene rings is 1. The highest BCUT2D eigenvalue weighted by Crippen LogP contribution is 2.43. The number of nitrogens with zero attached hydrogens (tertiary/aromatic N) is 2. The predicted octanol–water partition coefficient (Wildman–Crippen LogP) is 2.86. The smallest absolute Gasteiger partial charge is 0.191 e. The lowest BCUT2D eigenvalue weighted by molar-refractivity contribution is 0.206. The summed E-state index contributed by atoms with van der Waals surface area (Å²) in [4.78, 5) is 6.78. The van der Waals surface area contributed by atoms with Crippen molar-refractivity contribution in [2.75, 3.05) is 26.7 Å². The Morgan fingerprint density at radius 3 is 2.48 bits per heavy atom. The summed E-state index contributed by atoms with van der Waals surface area (Å²) in [6.45, 7) is 5.59. The molecule has 2 fully saturated rings. The molecule has 4 nitrogen and oxygen atoms in total. The first-order valence-corrected chi connectivity index (χ1v) is 9.28. The van der Waals surface area contributed by atoms with Crippen molar-refractivity contribution in [3.05, 3.63) is 35.4 Å². The van der Waals surface area contributed by atoms with Crippen LogP contribution in [0.2, 0.25) is 0 Å². The number of halogens is 2. The van der Waals surface area contributed by atoms with Crippen molar-refractivity contribution in [3.8, 4) is 0 Å². The first-order valence-electron chi connectivity index (χ1n) is 9.28. The number of piperidine rings is 1. The van der Waals surface area contributed by atoms with Crippen LogP contribution in [0.3, 0.4) is 0 Å². The average Bonchev–Trinajstić information content (AvgIpc) is 3.34. The van der Waals surface area contributed by atoms with E-state index in [2.05, 4.69) is 27.4 Å². The second-order valence-corrected chi connectivity index (χ2v) is 7.06. The molecule has 25 heavy (non-hydrogen) atoms. The van der Waals surface area contributed by atoms with E-state index in [1.807, 2.05) is 0 Å². The maximum Gasteiger partial charge on any atom is 0.191 e. The molecular formula is C19H28F2N4. The van der Waals surface area contributed by atoms with Crippen LogP contribution in [-0.2, 0) is 0 Å². The molecule has 2 atom stereocenters. The van der Waals surface area contributed by atoms with Crippen molar-refractivity contribution in [3.63, 3.8) is 0 Å². The molecular weight excluding hydrogens is 322 g/mol. The van der Waals surface area contributed by atoms with Gasteiger partial charge in [0.25, 0.3) is 0 Å². The highest BCUT2D eigenvalue weighted by atomic mass is 19.1. The van der Waals surface area contributed by atoms with Gasteiger partial charge in [-0.1, -0.05) is 13.0 Å². The molecule has 0 bridgehead atoms. The first kappa shape index (κ1) is 18.1. The minimum absolute atomic E-state index is 0.0396. The first-order chi connectivity index (χ1) is 12.1. The number of nitrogens with one attached hydrogen (secondary N) is 2. The zero-order chi connectivity index (χ0) is 17.8. The van der Waals surface area contributed by atoms with Gasteiger partial charge in [0.05, 0.1) is 0 Å². The van der Waals surface area contributed by atoms with Crippen LogP contribution in [0, 0.1) is 11.6 Å². The normalized spacial score (nSPS) is 25.0. The van der Waals surface area contributed by atoms with Crippen molar-refractivity contribution < 1.29 is 8.78 Å². The van der Waals surface area contributed by atoms with Gasteiger partial charge in [-0.25, -0.2) is 8.78 Å². The van der Waals surface area contributed by atoms with Crippen molar-refractivity contribution in [1.82, 2.24) is 15.5 Å². The number of hydrogen-bond donors (Lipinski definition) is 2. The van der Waals surface area contributed by atoms with Gasteiger partial charge in [0.2, 0.25) is 0 Å². The minimum Gasteiger partial charge on any atom is -0.354 e. The van der Waals surface area contributed by atoms with Crippen molar-refractivity contribution >= 4 is 5.96 Å². The van der Waals surface area contributed by atoms with E-state index in [0.717, 1.165) is 44.9 Å². The predicted molar refractivity (Wildman–Crippen MR) is 96.9 cm³/mol. The molecule has 1 aromatic rings. The molecule has 1 aromatic carbocycles. The van der Waals surface area contributed by atoms with E-state index in [4.69, 9.17) is 0 Å². The standard InChI is InChI=1S/C19H28F2N4/c1-3-9-25-10-7-13(8-11-25)23-19(22-2)24-17-12-14(17)18-15(20)5-4-6-16(18)21/h4-6,13-14,17H,3,7-12H2,1-2H3,(H2,22,23,24). The lowest BCUT2D eigenvalue weighted by Gasteiger charge is -2.32. The number of likely N-dealkylation sites (tertiary alicyclic amines) is 1. The zero-order valence-electron chi connectivity index (χ0n) is 15.1. The summed E-state index contributed by atoms with van der Waals surface area (Å²) in [6.07, 6.45) is 4.11. The molecule has 1 saturated carbocycles. The Morgan fingerprint density at radius 1 is 1.20 bits per heavy atom. The Kier molecular flexibility index (Phi) is 5.89. The fraction of sp³-hybridized carbons (Fsp3) is 0.632. The van der Waals surface area contributed by atoms with Gasteiger partial charge >= 0.3 is 0 Å². The summed E-state index contributed by atoms with van der Waals surface area (Å²) < 4.78 is 27.8. The van der Waals surface area contributed by atoms with Gasteiger partial charge in [-0.3, -0.25) is 4.99 Å². The Morgan fingerprint density at radius 2 is 1.88 bits per heavy atom. The second kappa shape index (κ2) is 8.13. The second-order valence-electron chi connectivity index (χ2n) is 7.06. The molecule has 0 spiro atoms. The summed E-state index contributed by atoms with van der Waals surface area (Å²) in [6, 6.07) is 4.50. The van der Waals surface area contributed by atoms with Crippen molar-refractivity contribution in [1.29, 1.82) is 0 Å².